The highest BCUT2D eigenvalue weighted by Gasteiger charge is 2.37. The zero-order valence-corrected chi connectivity index (χ0v) is 51.8. The van der Waals surface area contributed by atoms with E-state index >= 15 is 0 Å². The molecule has 0 saturated heterocycles. The number of hydrogen-bond acceptors (Lipinski definition) is 17. The molecule has 8 rings (SSSR count). The molecule has 0 radical (unpaired) electrons. The maximum absolute atomic E-state index is 14.5. The monoisotopic (exact) mass is 1290 g/mol. The summed E-state index contributed by atoms with van der Waals surface area (Å²) in [6.07, 6.45) is 1.50. The van der Waals surface area contributed by atoms with Crippen molar-refractivity contribution in [2.24, 2.45) is 17.6 Å². The third-order valence-electron chi connectivity index (χ3n) is 15.4. The van der Waals surface area contributed by atoms with Crippen LogP contribution in [0.5, 0.6) is 11.5 Å². The Morgan fingerprint density at radius 1 is 0.880 bits per heavy atom. The number of amides is 10. The number of anilines is 3. The van der Waals surface area contributed by atoms with Gasteiger partial charge in [-0.2, -0.15) is 0 Å². The number of imide groups is 1. The van der Waals surface area contributed by atoms with Crippen molar-refractivity contribution in [3.05, 3.63) is 131 Å². The van der Waals surface area contributed by atoms with Crippen molar-refractivity contribution < 1.29 is 77.1 Å². The number of aromatic amines is 1. The highest BCUT2D eigenvalue weighted by Crippen LogP contribution is 2.47. The number of nitrogens with zero attached hydrogens (tertiary/aromatic N) is 5. The molecule has 2 aliphatic heterocycles. The van der Waals surface area contributed by atoms with Crippen LogP contribution < -0.4 is 36.6 Å². The van der Waals surface area contributed by atoms with E-state index in [1.807, 2.05) is 19.1 Å². The minimum Gasteiger partial charge on any atom is -0.508 e. The lowest BCUT2D eigenvalue weighted by molar-refractivity contribution is -0.137. The Hall–Kier alpha value is -10.1. The first-order valence-corrected chi connectivity index (χ1v) is 30.1. The van der Waals surface area contributed by atoms with Gasteiger partial charge >= 0.3 is 24.3 Å². The second-order valence-corrected chi connectivity index (χ2v) is 22.5. The summed E-state index contributed by atoms with van der Waals surface area (Å²) in [5.41, 5.74) is 9.30. The highest BCUT2D eigenvalue weighted by molar-refractivity contribution is 6.20. The van der Waals surface area contributed by atoms with E-state index in [-0.39, 0.29) is 120 Å². The number of halogens is 1. The van der Waals surface area contributed by atoms with Gasteiger partial charge in [0.15, 0.2) is 5.78 Å². The number of primary amides is 1. The number of ketones is 1. The van der Waals surface area contributed by atoms with Gasteiger partial charge in [0.05, 0.1) is 49.8 Å². The number of aromatic hydroxyl groups is 1. The van der Waals surface area contributed by atoms with Crippen LogP contribution in [-0.4, -0.2) is 179 Å². The summed E-state index contributed by atoms with van der Waals surface area (Å²) in [5.74, 6) is -3.78. The zero-order chi connectivity index (χ0) is 66.2. The lowest BCUT2D eigenvalue weighted by Gasteiger charge is -2.25. The Kier molecular flexibility index (Phi) is 23.3. The predicted octanol–water partition coefficient (Wildman–Crippen LogP) is 6.68. The maximum Gasteiger partial charge on any atom is 0.415 e. The number of aliphatic hydroxyl groups is 1. The van der Waals surface area contributed by atoms with Gasteiger partial charge in [0, 0.05) is 104 Å². The summed E-state index contributed by atoms with van der Waals surface area (Å²) in [6, 6.07) is 20.8. The summed E-state index contributed by atoms with van der Waals surface area (Å²) in [5, 5.41) is 32.2. The summed E-state index contributed by atoms with van der Waals surface area (Å²) in [7, 11) is 1.47. The molecule has 486 valence electrons. The van der Waals surface area contributed by atoms with Crippen molar-refractivity contribution in [1.82, 2.24) is 35.3 Å². The van der Waals surface area contributed by atoms with Crippen LogP contribution in [0.2, 0.25) is 0 Å². The van der Waals surface area contributed by atoms with Gasteiger partial charge in [0.2, 0.25) is 5.91 Å². The van der Waals surface area contributed by atoms with Crippen LogP contribution in [0.1, 0.15) is 76.6 Å². The number of Topliss-reactive ketones (excluding diaryl/α,β-unsaturated/α-hetero) is 1. The summed E-state index contributed by atoms with van der Waals surface area (Å²) < 4.78 is 22.3. The molecular weight excluding hydrogens is 1210 g/mol. The number of carbonyl (C=O) groups is 10. The number of pyridine rings is 1. The molecular formula is C64H72ClN11O16. The number of ether oxygens (including phenoxy) is 4. The van der Waals surface area contributed by atoms with Gasteiger partial charge in [-0.3, -0.25) is 33.7 Å². The molecule has 3 atom stereocenters. The molecule has 0 spiro atoms. The molecule has 9 N–H and O–H groups in total. The summed E-state index contributed by atoms with van der Waals surface area (Å²) >= 11 is 6.62. The first-order chi connectivity index (χ1) is 44.1. The van der Waals surface area contributed by atoms with Crippen LogP contribution in [0.3, 0.4) is 0 Å². The molecule has 28 heteroatoms. The SMILES string of the molecule is Cc1cccc2c(OC(=O)N(CCO)CCN(C)C(=O)OCc3ccc(NC(=O)[C@H](CCCNC(N)=O)CC(=O)[C@@H](NC(=O)OCCOCCN4C(=O)C=CC4=O)C(C)C)cc3)cc3c(c12)[C@H](CCl)CN3C(=O)c1cc2cc(NC(=O)c3ccc(O)cc3)ncc2[nH]1. The van der Waals surface area contributed by atoms with Gasteiger partial charge in [-0.05, 0) is 96.3 Å². The number of phenols is 1. The fourth-order valence-electron chi connectivity index (χ4n) is 10.5. The van der Waals surface area contributed by atoms with Crippen molar-refractivity contribution in [1.29, 1.82) is 0 Å². The minimum atomic E-state index is -1.04. The number of likely N-dealkylation sites (N-methyl/N-ethyl adjacent to an activating group) is 1. The van der Waals surface area contributed by atoms with Gasteiger partial charge in [-0.1, -0.05) is 44.2 Å². The number of aromatic nitrogens is 2. The number of nitrogens with two attached hydrogens (primary N) is 1. The normalized spacial score (nSPS) is 14.0. The minimum absolute atomic E-state index is 0.0144. The number of urea groups is 1. The fraction of sp³-hybridized carbons (Fsp3) is 0.359. The van der Waals surface area contributed by atoms with Crippen LogP contribution in [0, 0.1) is 18.8 Å². The predicted molar refractivity (Wildman–Crippen MR) is 338 cm³/mol. The van der Waals surface area contributed by atoms with Gasteiger partial charge in [-0.25, -0.2) is 24.2 Å². The third kappa shape index (κ3) is 17.4. The molecule has 2 aliphatic rings. The van der Waals surface area contributed by atoms with E-state index in [9.17, 15) is 58.2 Å². The topological polar surface area (TPSA) is 364 Å². The first-order valence-electron chi connectivity index (χ1n) is 29.6. The number of aryl methyl sites for hydroxylation is 1. The number of carbonyl (C=O) groups excluding carboxylic acids is 10. The number of aliphatic hydroxyl groups excluding tert-OH is 1. The standard InChI is InChI=1S/C64H72ClN11O16/c1-37(2)57(72-62(86)90-28-27-89-26-24-75-53(80)18-19-54(75)81)50(79)30-41(8-6-20-67-61(66)85)59(83)69-44-14-10-39(11-15-44)36-91-63(87)73(4)21-22-74(23-25-77)64(88)92-51-32-49-56(55-38(3)7-5-9-46(51)55)43(33-65)35-76(49)60(84)47-29-42-31-52(68-34-48(42)70-47)71-58(82)40-12-16-45(78)17-13-40/h5,7,9-19,29,31-32,34,37,41,43,57,70,77-78H,6,8,20-28,30,33,35-36H2,1-4H3,(H,69,83)(H,72,86)(H3,66,67,85)(H,68,71,82)/t41-,43-,57+/m1/s1. The van der Waals surface area contributed by atoms with Gasteiger partial charge in [0.25, 0.3) is 23.6 Å². The largest absolute Gasteiger partial charge is 0.508 e. The summed E-state index contributed by atoms with van der Waals surface area (Å²) in [4.78, 5) is 142. The first kappa shape index (κ1) is 67.8. The highest BCUT2D eigenvalue weighted by atomic mass is 35.5. The summed E-state index contributed by atoms with van der Waals surface area (Å²) in [6.45, 7) is 4.57. The van der Waals surface area contributed by atoms with Crippen LogP contribution >= 0.6 is 11.6 Å². The zero-order valence-electron chi connectivity index (χ0n) is 51.0. The van der Waals surface area contributed by atoms with E-state index in [0.29, 0.717) is 38.8 Å². The lowest BCUT2D eigenvalue weighted by atomic mass is 9.89. The molecule has 2 aromatic heterocycles. The van der Waals surface area contributed by atoms with E-state index < -0.39 is 84.1 Å². The number of nitrogens with one attached hydrogen (secondary N) is 5. The lowest BCUT2D eigenvalue weighted by Crippen LogP contribution is -2.46. The number of benzene rings is 4. The molecule has 0 unspecified atom stereocenters. The average molecular weight is 1290 g/mol. The Balaban J connectivity index is 0.845. The number of hydrogen-bond donors (Lipinski definition) is 8. The Labute approximate surface area is 533 Å². The molecule has 0 bridgehead atoms. The molecule has 0 saturated carbocycles. The Morgan fingerprint density at radius 2 is 1.62 bits per heavy atom. The number of alkyl carbamates (subject to hydrolysis) is 1. The van der Waals surface area contributed by atoms with Crippen LogP contribution in [0.4, 0.5) is 36.4 Å². The molecule has 4 heterocycles. The second kappa shape index (κ2) is 31.6. The van der Waals surface area contributed by atoms with Crippen molar-refractivity contribution in [2.45, 2.75) is 58.6 Å². The quantitative estimate of drug-likeness (QED) is 0.0138. The molecule has 6 aromatic rings. The number of alkyl halides is 1. The molecule has 0 fully saturated rings. The van der Waals surface area contributed by atoms with E-state index in [0.717, 1.165) is 33.6 Å². The van der Waals surface area contributed by atoms with E-state index in [1.54, 1.807) is 67.3 Å². The van der Waals surface area contributed by atoms with Crippen molar-refractivity contribution >= 4 is 110 Å². The number of phenolic OH excluding ortho intramolecular Hbond substituents is 1. The van der Waals surface area contributed by atoms with Gasteiger partial charge in [0.1, 0.15) is 36.2 Å². The van der Waals surface area contributed by atoms with Crippen LogP contribution in [0.25, 0.3) is 21.7 Å². The molecule has 0 aliphatic carbocycles. The van der Waals surface area contributed by atoms with E-state index in [2.05, 4.69) is 31.2 Å². The Morgan fingerprint density at radius 3 is 2.32 bits per heavy atom. The van der Waals surface area contributed by atoms with Crippen molar-refractivity contribution in [3.63, 3.8) is 0 Å². The molecule has 4 aromatic carbocycles. The van der Waals surface area contributed by atoms with Crippen LogP contribution in [-0.2, 0) is 40.0 Å². The number of fused-ring (bicyclic) bond motifs is 4. The number of H-pyrrole nitrogens is 1. The van der Waals surface area contributed by atoms with E-state index in [4.69, 9.17) is 36.3 Å². The number of rotatable bonds is 29. The molecule has 27 nitrogen and oxygen atoms in total. The van der Waals surface area contributed by atoms with E-state index in [1.165, 1.54) is 47.3 Å². The second-order valence-electron chi connectivity index (χ2n) is 22.2. The van der Waals surface area contributed by atoms with Crippen molar-refractivity contribution in [2.75, 3.05) is 94.2 Å². The third-order valence-corrected chi connectivity index (χ3v) is 15.7. The maximum atomic E-state index is 14.5. The average Bonchev–Trinajstić information content (AvgIpc) is 1.54. The van der Waals surface area contributed by atoms with Gasteiger partial charge in [-0.15, -0.1) is 11.6 Å². The van der Waals surface area contributed by atoms with Gasteiger partial charge < -0.3 is 75.8 Å². The molecule has 92 heavy (non-hydrogen) atoms. The smallest absolute Gasteiger partial charge is 0.415 e. The molecule has 10 amide bonds. The van der Waals surface area contributed by atoms with Crippen LogP contribution in [0.15, 0.2) is 103 Å². The van der Waals surface area contributed by atoms with Crippen molar-refractivity contribution in [3.8, 4) is 11.5 Å². The fourth-order valence-corrected chi connectivity index (χ4v) is 10.8. The Bertz CT molecular complexity index is 3750.